The molecular formula is C17H20N2O2S. The molecule has 1 amide bonds. The van der Waals surface area contributed by atoms with E-state index in [4.69, 9.17) is 0 Å². The molecule has 1 aliphatic heterocycles. The van der Waals surface area contributed by atoms with Crippen LogP contribution in [-0.4, -0.2) is 22.5 Å². The Bertz CT molecular complexity index is 716. The Morgan fingerprint density at radius 2 is 2.14 bits per heavy atom. The highest BCUT2D eigenvalue weighted by Crippen LogP contribution is 2.36. The van der Waals surface area contributed by atoms with Gasteiger partial charge in [0.1, 0.15) is 11.4 Å². The van der Waals surface area contributed by atoms with Gasteiger partial charge in [-0.25, -0.2) is 4.98 Å². The van der Waals surface area contributed by atoms with Crippen LogP contribution in [0.1, 0.15) is 48.3 Å². The number of aryl methyl sites for hydroxylation is 1. The average molecular weight is 316 g/mol. The smallest absolute Gasteiger partial charge is 0.277 e. The van der Waals surface area contributed by atoms with E-state index >= 15 is 0 Å². The first kappa shape index (κ1) is 15.0. The van der Waals surface area contributed by atoms with E-state index < -0.39 is 0 Å². The molecule has 0 fully saturated rings. The maximum Gasteiger partial charge on any atom is 0.277 e. The van der Waals surface area contributed by atoms with Crippen molar-refractivity contribution in [2.45, 2.75) is 39.0 Å². The normalized spacial score (nSPS) is 14.8. The summed E-state index contributed by atoms with van der Waals surface area (Å²) >= 11 is 1.51. The molecule has 0 saturated carbocycles. The molecule has 0 atom stereocenters. The Labute approximate surface area is 134 Å². The summed E-state index contributed by atoms with van der Waals surface area (Å²) in [7, 11) is 0. The lowest BCUT2D eigenvalue weighted by Gasteiger charge is -2.29. The number of anilines is 1. The predicted molar refractivity (Wildman–Crippen MR) is 88.9 cm³/mol. The molecule has 3 rings (SSSR count). The molecule has 1 N–H and O–H groups in total. The van der Waals surface area contributed by atoms with Gasteiger partial charge < -0.3 is 10.0 Å². The van der Waals surface area contributed by atoms with Crippen molar-refractivity contribution in [1.82, 2.24) is 4.98 Å². The third-order valence-electron chi connectivity index (χ3n) is 3.81. The van der Waals surface area contributed by atoms with Gasteiger partial charge in [0.25, 0.3) is 5.91 Å². The molecule has 2 aromatic rings. The second-order valence-corrected chi connectivity index (χ2v) is 7.49. The van der Waals surface area contributed by atoms with Gasteiger partial charge in [0.2, 0.25) is 0 Å². The zero-order valence-electron chi connectivity index (χ0n) is 13.1. The van der Waals surface area contributed by atoms with Crippen molar-refractivity contribution in [3.63, 3.8) is 0 Å². The van der Waals surface area contributed by atoms with Gasteiger partial charge in [0.15, 0.2) is 0 Å². The van der Waals surface area contributed by atoms with E-state index in [0.29, 0.717) is 17.9 Å². The van der Waals surface area contributed by atoms with E-state index in [9.17, 15) is 9.90 Å². The molecule has 116 valence electrons. The zero-order valence-corrected chi connectivity index (χ0v) is 13.9. The van der Waals surface area contributed by atoms with Crippen LogP contribution in [0.4, 0.5) is 5.69 Å². The minimum Gasteiger partial charge on any atom is -0.506 e. The molecule has 22 heavy (non-hydrogen) atoms. The summed E-state index contributed by atoms with van der Waals surface area (Å²) in [5, 5.41) is 12.9. The van der Waals surface area contributed by atoms with Crippen LogP contribution >= 0.6 is 11.3 Å². The predicted octanol–water partition coefficient (Wildman–Crippen LogP) is 3.74. The summed E-state index contributed by atoms with van der Waals surface area (Å²) in [5.74, 6) is 0.0334. The van der Waals surface area contributed by atoms with Crippen molar-refractivity contribution in [2.75, 3.05) is 11.4 Å². The molecule has 0 bridgehead atoms. The highest BCUT2D eigenvalue weighted by molar-refractivity contribution is 7.10. The van der Waals surface area contributed by atoms with Crippen LogP contribution in [0.15, 0.2) is 23.6 Å². The number of benzene rings is 1. The first-order valence-electron chi connectivity index (χ1n) is 7.46. The maximum absolute atomic E-state index is 12.8. The number of nitrogens with zero attached hydrogens (tertiary/aromatic N) is 2. The average Bonchev–Trinajstić information content (AvgIpc) is 2.96. The van der Waals surface area contributed by atoms with Crippen molar-refractivity contribution in [1.29, 1.82) is 0 Å². The SMILES string of the molecule is CC(C)(C)c1nc(C(=O)N2CCCc3cccc(O)c32)cs1. The first-order chi connectivity index (χ1) is 10.4. The van der Waals surface area contributed by atoms with Crippen LogP contribution in [0.25, 0.3) is 0 Å². The minimum atomic E-state index is -0.130. The van der Waals surface area contributed by atoms with Crippen molar-refractivity contribution < 1.29 is 9.90 Å². The Balaban J connectivity index is 1.96. The number of carbonyl (C=O) groups excluding carboxylic acids is 1. The molecule has 0 unspecified atom stereocenters. The highest BCUT2D eigenvalue weighted by atomic mass is 32.1. The number of hydrogen-bond acceptors (Lipinski definition) is 4. The van der Waals surface area contributed by atoms with Gasteiger partial charge in [-0.3, -0.25) is 4.79 Å². The summed E-state index contributed by atoms with van der Waals surface area (Å²) in [4.78, 5) is 19.0. The monoisotopic (exact) mass is 316 g/mol. The molecule has 5 heteroatoms. The standard InChI is InChI=1S/C17H20N2O2S/c1-17(2,3)16-18-12(10-22-16)15(21)19-9-5-7-11-6-4-8-13(20)14(11)19/h4,6,8,10,20H,5,7,9H2,1-3H3. The van der Waals surface area contributed by atoms with Gasteiger partial charge in [0.05, 0.1) is 10.7 Å². The molecule has 1 aromatic heterocycles. The van der Waals surface area contributed by atoms with Gasteiger partial charge in [-0.2, -0.15) is 0 Å². The molecule has 2 heterocycles. The van der Waals surface area contributed by atoms with Gasteiger partial charge in [0, 0.05) is 17.3 Å². The lowest BCUT2D eigenvalue weighted by Crippen LogP contribution is -2.35. The Kier molecular flexibility index (Phi) is 3.68. The van der Waals surface area contributed by atoms with Crippen molar-refractivity contribution in [3.05, 3.63) is 39.8 Å². The number of carbonyl (C=O) groups is 1. The third-order valence-corrected chi connectivity index (χ3v) is 5.07. The van der Waals surface area contributed by atoms with Crippen molar-refractivity contribution >= 4 is 22.9 Å². The quantitative estimate of drug-likeness (QED) is 0.872. The highest BCUT2D eigenvalue weighted by Gasteiger charge is 2.28. The zero-order chi connectivity index (χ0) is 15.9. The lowest BCUT2D eigenvalue weighted by molar-refractivity contribution is 0.0980. The Morgan fingerprint density at radius 3 is 2.82 bits per heavy atom. The summed E-state index contributed by atoms with van der Waals surface area (Å²) in [6.07, 6.45) is 1.79. The Morgan fingerprint density at radius 1 is 1.36 bits per heavy atom. The molecule has 0 spiro atoms. The number of fused-ring (bicyclic) bond motifs is 1. The summed E-state index contributed by atoms with van der Waals surface area (Å²) < 4.78 is 0. The molecule has 1 aromatic carbocycles. The first-order valence-corrected chi connectivity index (χ1v) is 8.34. The van der Waals surface area contributed by atoms with Gasteiger partial charge in [-0.05, 0) is 24.5 Å². The second-order valence-electron chi connectivity index (χ2n) is 6.63. The van der Waals surface area contributed by atoms with Gasteiger partial charge in [-0.15, -0.1) is 11.3 Å². The van der Waals surface area contributed by atoms with E-state index in [1.807, 2.05) is 17.5 Å². The molecule has 1 aliphatic rings. The minimum absolute atomic E-state index is 0.0643. The van der Waals surface area contributed by atoms with Crippen molar-refractivity contribution in [3.8, 4) is 5.75 Å². The number of hydrogen-bond donors (Lipinski definition) is 1. The second kappa shape index (κ2) is 5.39. The lowest BCUT2D eigenvalue weighted by atomic mass is 9.98. The number of amides is 1. The molecule has 0 radical (unpaired) electrons. The van der Waals surface area contributed by atoms with Crippen LogP contribution in [0, 0.1) is 0 Å². The number of thiazole rings is 1. The third kappa shape index (κ3) is 2.61. The van der Waals surface area contributed by atoms with Crippen LogP contribution < -0.4 is 4.90 Å². The fraction of sp³-hybridized carbons (Fsp3) is 0.412. The number of para-hydroxylation sites is 1. The van der Waals surface area contributed by atoms with E-state index in [1.165, 1.54) is 11.3 Å². The van der Waals surface area contributed by atoms with Gasteiger partial charge >= 0.3 is 0 Å². The largest absolute Gasteiger partial charge is 0.506 e. The topological polar surface area (TPSA) is 53.4 Å². The molecular weight excluding hydrogens is 296 g/mol. The van der Waals surface area contributed by atoms with E-state index in [1.54, 1.807) is 11.0 Å². The van der Waals surface area contributed by atoms with Crippen LogP contribution in [0.3, 0.4) is 0 Å². The van der Waals surface area contributed by atoms with Crippen LogP contribution in [-0.2, 0) is 11.8 Å². The van der Waals surface area contributed by atoms with Gasteiger partial charge in [-0.1, -0.05) is 32.9 Å². The number of rotatable bonds is 1. The number of aromatic nitrogens is 1. The van der Waals surface area contributed by atoms with Crippen molar-refractivity contribution in [2.24, 2.45) is 0 Å². The van der Waals surface area contributed by atoms with Crippen LogP contribution in [0.2, 0.25) is 0 Å². The van der Waals surface area contributed by atoms with E-state index in [0.717, 1.165) is 23.4 Å². The van der Waals surface area contributed by atoms with Crippen LogP contribution in [0.5, 0.6) is 5.75 Å². The molecule has 0 saturated heterocycles. The fourth-order valence-electron chi connectivity index (χ4n) is 2.69. The summed E-state index contributed by atoms with van der Waals surface area (Å²) in [6.45, 7) is 6.87. The summed E-state index contributed by atoms with van der Waals surface area (Å²) in [6, 6.07) is 5.42. The fourth-order valence-corrected chi connectivity index (χ4v) is 3.57. The number of phenolic OH excluding ortho intramolecular Hbond substituents is 1. The number of aromatic hydroxyl groups is 1. The maximum atomic E-state index is 12.8. The van der Waals surface area contributed by atoms with E-state index in [2.05, 4.69) is 25.8 Å². The molecule has 4 nitrogen and oxygen atoms in total. The van der Waals surface area contributed by atoms with E-state index in [-0.39, 0.29) is 17.1 Å². The Hall–Kier alpha value is -1.88. The number of phenols is 1. The summed E-state index contributed by atoms with van der Waals surface area (Å²) in [5.41, 5.74) is 2.06. The molecule has 0 aliphatic carbocycles.